The van der Waals surface area contributed by atoms with Gasteiger partial charge < -0.3 is 9.64 Å². The molecule has 1 atom stereocenters. The molecule has 0 spiro atoms. The average molecular weight is 350 g/mol. The summed E-state index contributed by atoms with van der Waals surface area (Å²) in [5, 5.41) is 0. The fourth-order valence-electron chi connectivity index (χ4n) is 2.40. The van der Waals surface area contributed by atoms with E-state index in [9.17, 15) is 0 Å². The average Bonchev–Trinajstić information content (AvgIpc) is 2.55. The number of ether oxygens (including phenoxy) is 1. The van der Waals surface area contributed by atoms with Crippen molar-refractivity contribution in [1.82, 2.24) is 19.9 Å². The predicted octanol–water partition coefficient (Wildman–Crippen LogP) is 2.32. The monoisotopic (exact) mass is 349 g/mol. The molecule has 0 aromatic carbocycles. The molecule has 21 heavy (non-hydrogen) atoms. The van der Waals surface area contributed by atoms with Crippen LogP contribution in [-0.2, 0) is 0 Å². The van der Waals surface area contributed by atoms with Crippen LogP contribution in [-0.4, -0.2) is 39.6 Å². The van der Waals surface area contributed by atoms with E-state index in [1.54, 1.807) is 24.8 Å². The lowest BCUT2D eigenvalue weighted by Crippen LogP contribution is -2.38. The Hall–Kier alpha value is -1.76. The fraction of sp³-hybridized carbons (Fsp3) is 0.429. The van der Waals surface area contributed by atoms with Crippen molar-refractivity contribution in [2.24, 2.45) is 5.92 Å². The van der Waals surface area contributed by atoms with Crippen LogP contribution in [0.1, 0.15) is 12.8 Å². The molecule has 1 aliphatic heterocycles. The van der Waals surface area contributed by atoms with Crippen LogP contribution >= 0.6 is 15.9 Å². The molecule has 3 heterocycles. The third-order valence-electron chi connectivity index (χ3n) is 3.40. The van der Waals surface area contributed by atoms with Gasteiger partial charge >= 0.3 is 6.01 Å². The summed E-state index contributed by atoms with van der Waals surface area (Å²) in [4.78, 5) is 19.1. The Bertz CT molecular complexity index is 565. The second kappa shape index (κ2) is 6.80. The Kier molecular flexibility index (Phi) is 4.59. The molecule has 0 radical (unpaired) electrons. The molecule has 1 fully saturated rings. The normalized spacial score (nSPS) is 18.5. The Morgan fingerprint density at radius 2 is 1.95 bits per heavy atom. The van der Waals surface area contributed by atoms with E-state index in [1.807, 2.05) is 6.07 Å². The number of anilines is 1. The topological polar surface area (TPSA) is 64.0 Å². The summed E-state index contributed by atoms with van der Waals surface area (Å²) in [5.74, 6) is 1.23. The highest BCUT2D eigenvalue weighted by molar-refractivity contribution is 9.10. The van der Waals surface area contributed by atoms with Gasteiger partial charge in [-0.3, -0.25) is 0 Å². The molecule has 0 bridgehead atoms. The smallest absolute Gasteiger partial charge is 0.316 e. The first-order valence-electron chi connectivity index (χ1n) is 6.93. The van der Waals surface area contributed by atoms with Crippen LogP contribution in [0.4, 0.5) is 5.95 Å². The number of aromatic nitrogens is 4. The highest BCUT2D eigenvalue weighted by Gasteiger charge is 2.22. The van der Waals surface area contributed by atoms with Crippen molar-refractivity contribution in [3.8, 4) is 6.01 Å². The van der Waals surface area contributed by atoms with Crippen molar-refractivity contribution in [2.75, 3.05) is 24.6 Å². The second-order valence-corrected chi connectivity index (χ2v) is 5.91. The van der Waals surface area contributed by atoms with Crippen LogP contribution in [0.3, 0.4) is 0 Å². The van der Waals surface area contributed by atoms with Gasteiger partial charge in [0.25, 0.3) is 0 Å². The summed E-state index contributed by atoms with van der Waals surface area (Å²) < 4.78 is 6.52. The Morgan fingerprint density at radius 1 is 1.19 bits per heavy atom. The molecule has 7 heteroatoms. The van der Waals surface area contributed by atoms with Gasteiger partial charge in [-0.25, -0.2) is 19.9 Å². The lowest BCUT2D eigenvalue weighted by Gasteiger charge is -2.32. The van der Waals surface area contributed by atoms with Crippen LogP contribution in [0.15, 0.2) is 35.3 Å². The minimum atomic E-state index is 0.422. The number of rotatable bonds is 4. The van der Waals surface area contributed by atoms with Gasteiger partial charge in [-0.05, 0) is 34.8 Å². The van der Waals surface area contributed by atoms with E-state index < -0.39 is 0 Å². The minimum absolute atomic E-state index is 0.422. The zero-order valence-electron chi connectivity index (χ0n) is 11.5. The van der Waals surface area contributed by atoms with Crippen LogP contribution in [0.2, 0.25) is 0 Å². The lowest BCUT2D eigenvalue weighted by atomic mass is 9.99. The van der Waals surface area contributed by atoms with E-state index in [0.717, 1.165) is 36.4 Å². The molecule has 0 amide bonds. The van der Waals surface area contributed by atoms with Crippen LogP contribution < -0.4 is 9.64 Å². The summed E-state index contributed by atoms with van der Waals surface area (Å²) in [7, 11) is 0. The van der Waals surface area contributed by atoms with Crippen molar-refractivity contribution >= 4 is 21.9 Å². The number of piperidine rings is 1. The Morgan fingerprint density at radius 3 is 2.71 bits per heavy atom. The summed E-state index contributed by atoms with van der Waals surface area (Å²) in [5.41, 5.74) is 0. The molecule has 2 aromatic heterocycles. The lowest BCUT2D eigenvalue weighted by molar-refractivity contribution is 0.213. The van der Waals surface area contributed by atoms with Crippen molar-refractivity contribution in [3.05, 3.63) is 35.3 Å². The van der Waals surface area contributed by atoms with E-state index in [-0.39, 0.29) is 0 Å². The molecule has 2 aromatic rings. The maximum Gasteiger partial charge on any atom is 0.316 e. The van der Waals surface area contributed by atoms with Crippen molar-refractivity contribution in [3.63, 3.8) is 0 Å². The molecule has 1 unspecified atom stereocenters. The highest BCUT2D eigenvalue weighted by Crippen LogP contribution is 2.20. The molecule has 0 aliphatic carbocycles. The van der Waals surface area contributed by atoms with E-state index in [0.29, 0.717) is 18.5 Å². The molecule has 0 N–H and O–H groups in total. The zero-order valence-corrected chi connectivity index (χ0v) is 13.1. The summed E-state index contributed by atoms with van der Waals surface area (Å²) in [6.45, 7) is 2.51. The van der Waals surface area contributed by atoms with E-state index in [4.69, 9.17) is 4.74 Å². The number of halogens is 1. The van der Waals surface area contributed by atoms with Gasteiger partial charge in [0.2, 0.25) is 5.95 Å². The molecule has 110 valence electrons. The van der Waals surface area contributed by atoms with Crippen molar-refractivity contribution in [1.29, 1.82) is 0 Å². The van der Waals surface area contributed by atoms with Crippen molar-refractivity contribution in [2.45, 2.75) is 12.8 Å². The van der Waals surface area contributed by atoms with Crippen LogP contribution in [0, 0.1) is 5.92 Å². The first-order valence-corrected chi connectivity index (χ1v) is 7.73. The molecular formula is C14H16BrN5O. The Labute approximate surface area is 131 Å². The second-order valence-electron chi connectivity index (χ2n) is 5.00. The predicted molar refractivity (Wildman–Crippen MR) is 82.2 cm³/mol. The minimum Gasteiger partial charge on any atom is -0.463 e. The maximum atomic E-state index is 5.67. The third-order valence-corrected chi connectivity index (χ3v) is 3.81. The van der Waals surface area contributed by atoms with E-state index in [2.05, 4.69) is 40.8 Å². The van der Waals surface area contributed by atoms with Gasteiger partial charge in [0.05, 0.1) is 11.1 Å². The van der Waals surface area contributed by atoms with E-state index in [1.165, 1.54) is 0 Å². The molecule has 1 aliphatic rings. The summed E-state index contributed by atoms with van der Waals surface area (Å²) in [6, 6.07) is 2.25. The number of hydrogen-bond donors (Lipinski definition) is 0. The SMILES string of the molecule is Brc1cnc(OCC2CCCN(c3ncccn3)C2)nc1. The van der Waals surface area contributed by atoms with Crippen LogP contribution in [0.25, 0.3) is 0 Å². The number of hydrogen-bond acceptors (Lipinski definition) is 6. The molecule has 1 saturated heterocycles. The molecule has 0 saturated carbocycles. The van der Waals surface area contributed by atoms with E-state index >= 15 is 0 Å². The zero-order chi connectivity index (χ0) is 14.5. The Balaban J connectivity index is 1.55. The van der Waals surface area contributed by atoms with Gasteiger partial charge in [0.1, 0.15) is 0 Å². The van der Waals surface area contributed by atoms with Gasteiger partial charge in [-0.2, -0.15) is 0 Å². The van der Waals surface area contributed by atoms with Gasteiger partial charge in [0.15, 0.2) is 0 Å². The van der Waals surface area contributed by atoms with Gasteiger partial charge in [-0.1, -0.05) is 0 Å². The summed E-state index contributed by atoms with van der Waals surface area (Å²) >= 11 is 3.31. The van der Waals surface area contributed by atoms with Crippen molar-refractivity contribution < 1.29 is 4.74 Å². The largest absolute Gasteiger partial charge is 0.463 e. The fourth-order valence-corrected chi connectivity index (χ4v) is 2.61. The number of nitrogens with zero attached hydrogens (tertiary/aromatic N) is 5. The van der Waals surface area contributed by atoms with Crippen LogP contribution in [0.5, 0.6) is 6.01 Å². The molecule has 3 rings (SSSR count). The standard InChI is InChI=1S/C14H16BrN5O/c15-12-7-18-14(19-8-12)21-10-11-3-1-6-20(9-11)13-16-4-2-5-17-13/h2,4-5,7-8,11H,1,3,6,9-10H2. The summed E-state index contributed by atoms with van der Waals surface area (Å²) in [6.07, 6.45) is 9.18. The third kappa shape index (κ3) is 3.87. The first-order chi connectivity index (χ1) is 10.3. The van der Waals surface area contributed by atoms with Gasteiger partial charge in [0, 0.05) is 43.8 Å². The highest BCUT2D eigenvalue weighted by atomic mass is 79.9. The quantitative estimate of drug-likeness (QED) is 0.843. The van der Waals surface area contributed by atoms with Gasteiger partial charge in [-0.15, -0.1) is 0 Å². The maximum absolute atomic E-state index is 5.67. The molecular weight excluding hydrogens is 334 g/mol. The first kappa shape index (κ1) is 14.2. The molecule has 6 nitrogen and oxygen atoms in total.